The summed E-state index contributed by atoms with van der Waals surface area (Å²) in [6.07, 6.45) is 0. The number of rotatable bonds is 6. The maximum Gasteiger partial charge on any atom is 0.238 e. The number of carbonyl (C=O) groups excluding carboxylic acids is 1. The molecule has 1 amide bonds. The van der Waals surface area contributed by atoms with Crippen molar-refractivity contribution in [1.82, 2.24) is 4.90 Å². The van der Waals surface area contributed by atoms with Crippen LogP contribution in [0, 0.1) is 0 Å². The average molecular weight is 371 g/mol. The molecule has 0 radical (unpaired) electrons. The van der Waals surface area contributed by atoms with Crippen molar-refractivity contribution in [2.75, 3.05) is 57.2 Å². The van der Waals surface area contributed by atoms with Crippen molar-refractivity contribution in [2.45, 2.75) is 0 Å². The number of methoxy groups -OCH3 is 2. The van der Waals surface area contributed by atoms with Gasteiger partial charge in [0.15, 0.2) is 0 Å². The molecule has 0 unspecified atom stereocenters. The molecule has 0 bridgehead atoms. The van der Waals surface area contributed by atoms with Gasteiger partial charge in [0.2, 0.25) is 5.91 Å². The summed E-state index contributed by atoms with van der Waals surface area (Å²) in [5.41, 5.74) is 1.43. The fraction of sp³-hybridized carbons (Fsp3) is 0.350. The molecule has 0 saturated carbocycles. The normalized spacial score (nSPS) is 14.7. The van der Waals surface area contributed by atoms with Crippen LogP contribution in [0.3, 0.4) is 0 Å². The molecule has 0 aromatic heterocycles. The van der Waals surface area contributed by atoms with E-state index in [1.165, 1.54) is 0 Å². The molecule has 0 atom stereocenters. The van der Waals surface area contributed by atoms with E-state index in [4.69, 9.17) is 9.47 Å². The number of para-hydroxylation sites is 2. The lowest BCUT2D eigenvalue weighted by molar-refractivity contribution is -0.117. The van der Waals surface area contributed by atoms with Gasteiger partial charge in [-0.25, -0.2) is 0 Å². The summed E-state index contributed by atoms with van der Waals surface area (Å²) in [7, 11) is 3.15. The Morgan fingerprint density at radius 3 is 2.48 bits per heavy atom. The highest BCUT2D eigenvalue weighted by molar-refractivity contribution is 5.94. The minimum atomic E-state index is -0.0995. The quantitative estimate of drug-likeness (QED) is 0.811. The first-order valence-electron chi connectivity index (χ1n) is 8.88. The second kappa shape index (κ2) is 8.64. The molecule has 0 spiro atoms. The number of nitrogens with zero attached hydrogens (tertiary/aromatic N) is 2. The fourth-order valence-electron chi connectivity index (χ4n) is 3.18. The first-order chi connectivity index (χ1) is 13.1. The second-order valence-electron chi connectivity index (χ2n) is 6.37. The largest absolute Gasteiger partial charge is 0.506 e. The second-order valence-corrected chi connectivity index (χ2v) is 6.37. The zero-order valence-corrected chi connectivity index (χ0v) is 15.6. The van der Waals surface area contributed by atoms with Gasteiger partial charge in [0.05, 0.1) is 32.1 Å². The van der Waals surface area contributed by atoms with Gasteiger partial charge in [0.25, 0.3) is 0 Å². The van der Waals surface area contributed by atoms with E-state index in [1.807, 2.05) is 18.2 Å². The Morgan fingerprint density at radius 1 is 1.07 bits per heavy atom. The minimum Gasteiger partial charge on any atom is -0.506 e. The SMILES string of the molecule is COc1ccc(OC)c(NC(=O)CN2CCN(c3ccccc3O)CC2)c1. The summed E-state index contributed by atoms with van der Waals surface area (Å²) in [5, 5.41) is 12.9. The standard InChI is InChI=1S/C20H25N3O4/c1-26-15-7-8-19(27-2)16(13-15)21-20(25)14-22-9-11-23(12-10-22)17-5-3-4-6-18(17)24/h3-8,13,24H,9-12,14H2,1-2H3,(H,21,25). The molecule has 2 N–H and O–H groups in total. The van der Waals surface area contributed by atoms with Crippen molar-refractivity contribution in [3.8, 4) is 17.2 Å². The molecule has 3 rings (SSSR count). The van der Waals surface area contributed by atoms with E-state index in [9.17, 15) is 9.90 Å². The van der Waals surface area contributed by atoms with Crippen molar-refractivity contribution in [3.05, 3.63) is 42.5 Å². The molecule has 1 saturated heterocycles. The molecule has 0 aliphatic carbocycles. The van der Waals surface area contributed by atoms with Crippen LogP contribution in [0.15, 0.2) is 42.5 Å². The number of phenols is 1. The number of hydrogen-bond acceptors (Lipinski definition) is 6. The highest BCUT2D eigenvalue weighted by Crippen LogP contribution is 2.29. The lowest BCUT2D eigenvalue weighted by Gasteiger charge is -2.35. The van der Waals surface area contributed by atoms with Crippen molar-refractivity contribution in [2.24, 2.45) is 0 Å². The van der Waals surface area contributed by atoms with E-state index >= 15 is 0 Å². The number of anilines is 2. The maximum atomic E-state index is 12.5. The lowest BCUT2D eigenvalue weighted by atomic mass is 10.2. The summed E-state index contributed by atoms with van der Waals surface area (Å²) >= 11 is 0. The Labute approximate surface area is 159 Å². The van der Waals surface area contributed by atoms with Gasteiger partial charge in [-0.15, -0.1) is 0 Å². The zero-order valence-electron chi connectivity index (χ0n) is 15.6. The van der Waals surface area contributed by atoms with E-state index in [0.29, 0.717) is 23.7 Å². The highest BCUT2D eigenvalue weighted by Gasteiger charge is 2.21. The smallest absolute Gasteiger partial charge is 0.238 e. The number of piperazine rings is 1. The van der Waals surface area contributed by atoms with Gasteiger partial charge in [-0.2, -0.15) is 0 Å². The van der Waals surface area contributed by atoms with E-state index in [0.717, 1.165) is 31.9 Å². The lowest BCUT2D eigenvalue weighted by Crippen LogP contribution is -2.48. The third-order valence-electron chi connectivity index (χ3n) is 4.64. The van der Waals surface area contributed by atoms with Crippen LogP contribution in [0.4, 0.5) is 11.4 Å². The summed E-state index contributed by atoms with van der Waals surface area (Å²) in [5.74, 6) is 1.43. The Hall–Kier alpha value is -2.93. The Morgan fingerprint density at radius 2 is 1.81 bits per heavy atom. The molecule has 1 aliphatic heterocycles. The number of amides is 1. The molecule has 2 aromatic rings. The van der Waals surface area contributed by atoms with E-state index in [-0.39, 0.29) is 11.7 Å². The summed E-state index contributed by atoms with van der Waals surface area (Å²) in [4.78, 5) is 16.7. The van der Waals surface area contributed by atoms with Gasteiger partial charge in [-0.05, 0) is 24.3 Å². The molecule has 27 heavy (non-hydrogen) atoms. The highest BCUT2D eigenvalue weighted by atomic mass is 16.5. The predicted molar refractivity (Wildman–Crippen MR) is 105 cm³/mol. The first-order valence-corrected chi connectivity index (χ1v) is 8.88. The maximum absolute atomic E-state index is 12.5. The number of aromatic hydroxyl groups is 1. The summed E-state index contributed by atoms with van der Waals surface area (Å²) < 4.78 is 10.5. The molecular formula is C20H25N3O4. The number of benzene rings is 2. The van der Waals surface area contributed by atoms with Crippen LogP contribution in [0.25, 0.3) is 0 Å². The molecule has 1 heterocycles. The van der Waals surface area contributed by atoms with Gasteiger partial charge >= 0.3 is 0 Å². The Kier molecular flexibility index (Phi) is 6.03. The van der Waals surface area contributed by atoms with Crippen LogP contribution in [0.5, 0.6) is 17.2 Å². The van der Waals surface area contributed by atoms with Crippen LogP contribution >= 0.6 is 0 Å². The van der Waals surface area contributed by atoms with Crippen molar-refractivity contribution in [3.63, 3.8) is 0 Å². The average Bonchev–Trinajstić information content (AvgIpc) is 2.69. The molecule has 7 nitrogen and oxygen atoms in total. The Bertz CT molecular complexity index is 789. The van der Waals surface area contributed by atoms with Gasteiger partial charge < -0.3 is 24.8 Å². The molecule has 1 aliphatic rings. The number of nitrogens with one attached hydrogen (secondary N) is 1. The third-order valence-corrected chi connectivity index (χ3v) is 4.64. The first kappa shape index (κ1) is 18.8. The predicted octanol–water partition coefficient (Wildman–Crippen LogP) is 2.17. The molecular weight excluding hydrogens is 346 g/mol. The van der Waals surface area contributed by atoms with Crippen molar-refractivity contribution < 1.29 is 19.4 Å². The zero-order chi connectivity index (χ0) is 19.2. The van der Waals surface area contributed by atoms with Crippen LogP contribution in [-0.4, -0.2) is 62.9 Å². The topological polar surface area (TPSA) is 74.3 Å². The summed E-state index contributed by atoms with van der Waals surface area (Å²) in [6.45, 7) is 3.31. The fourth-order valence-corrected chi connectivity index (χ4v) is 3.18. The third kappa shape index (κ3) is 4.62. The van der Waals surface area contributed by atoms with Gasteiger partial charge in [-0.1, -0.05) is 12.1 Å². The van der Waals surface area contributed by atoms with Crippen LogP contribution < -0.4 is 19.7 Å². The van der Waals surface area contributed by atoms with Crippen LogP contribution in [0.2, 0.25) is 0 Å². The molecule has 7 heteroatoms. The summed E-state index contributed by atoms with van der Waals surface area (Å²) in [6, 6.07) is 12.6. The van der Waals surface area contributed by atoms with E-state index in [1.54, 1.807) is 38.5 Å². The number of ether oxygens (including phenoxy) is 2. The van der Waals surface area contributed by atoms with Gasteiger partial charge in [-0.3, -0.25) is 9.69 Å². The number of phenolic OH excluding ortho intramolecular Hbond substituents is 1. The molecule has 144 valence electrons. The number of carbonyl (C=O) groups is 1. The van der Waals surface area contributed by atoms with Crippen molar-refractivity contribution in [1.29, 1.82) is 0 Å². The van der Waals surface area contributed by atoms with E-state index in [2.05, 4.69) is 15.1 Å². The monoisotopic (exact) mass is 371 g/mol. The van der Waals surface area contributed by atoms with Gasteiger partial charge in [0.1, 0.15) is 17.2 Å². The van der Waals surface area contributed by atoms with Crippen molar-refractivity contribution >= 4 is 17.3 Å². The number of hydrogen-bond donors (Lipinski definition) is 2. The molecule has 2 aromatic carbocycles. The Balaban J connectivity index is 1.55. The minimum absolute atomic E-state index is 0.0995. The molecule has 1 fully saturated rings. The van der Waals surface area contributed by atoms with Crippen LogP contribution in [0.1, 0.15) is 0 Å². The van der Waals surface area contributed by atoms with Crippen LogP contribution in [-0.2, 0) is 4.79 Å². The van der Waals surface area contributed by atoms with E-state index < -0.39 is 0 Å². The van der Waals surface area contributed by atoms with Gasteiger partial charge in [0, 0.05) is 32.2 Å².